The molecule has 1 aromatic carbocycles. The van der Waals surface area contributed by atoms with Crippen LogP contribution >= 0.6 is 0 Å². The van der Waals surface area contributed by atoms with Crippen molar-refractivity contribution in [3.63, 3.8) is 0 Å². The zero-order chi connectivity index (χ0) is 12.3. The van der Waals surface area contributed by atoms with Crippen molar-refractivity contribution in [3.8, 4) is 0 Å². The number of esters is 1. The minimum absolute atomic E-state index is 0.214. The van der Waals surface area contributed by atoms with Gasteiger partial charge in [-0.15, -0.1) is 0 Å². The summed E-state index contributed by atoms with van der Waals surface area (Å²) in [5.41, 5.74) is 2.00. The number of hydrogen-bond acceptors (Lipinski definition) is 4. The molecule has 0 radical (unpaired) electrons. The summed E-state index contributed by atoms with van der Waals surface area (Å²) in [6.45, 7) is 0. The number of rotatable bonds is 3. The van der Waals surface area contributed by atoms with Gasteiger partial charge in [0.25, 0.3) is 0 Å². The molecule has 0 atom stereocenters. The van der Waals surface area contributed by atoms with Crippen LogP contribution in [0.25, 0.3) is 17.2 Å². The molecule has 0 fully saturated rings. The molecule has 1 heterocycles. The fourth-order valence-electron chi connectivity index (χ4n) is 1.44. The van der Waals surface area contributed by atoms with Gasteiger partial charge >= 0.3 is 11.7 Å². The standard InChI is InChI=1S/C12H11NO4/c1-16-11(14)4-2-3-8-5-6-9-10(7-8)17-12(15)13-9/h2-3,5-7H,4H2,1H3,(H,13,15). The van der Waals surface area contributed by atoms with Crippen molar-refractivity contribution in [1.82, 2.24) is 4.98 Å². The van der Waals surface area contributed by atoms with Gasteiger partial charge in [-0.1, -0.05) is 18.2 Å². The third-order valence-corrected chi connectivity index (χ3v) is 2.27. The van der Waals surface area contributed by atoms with Crippen LogP contribution < -0.4 is 5.76 Å². The summed E-state index contributed by atoms with van der Waals surface area (Å²) in [4.78, 5) is 24.4. The predicted molar refractivity (Wildman–Crippen MR) is 62.5 cm³/mol. The summed E-state index contributed by atoms with van der Waals surface area (Å²) in [7, 11) is 1.34. The Morgan fingerprint density at radius 1 is 1.53 bits per heavy atom. The normalized spacial score (nSPS) is 11.1. The molecular weight excluding hydrogens is 222 g/mol. The van der Waals surface area contributed by atoms with Crippen LogP contribution in [-0.2, 0) is 9.53 Å². The van der Waals surface area contributed by atoms with E-state index in [-0.39, 0.29) is 12.4 Å². The molecule has 1 aromatic heterocycles. The molecule has 0 bridgehead atoms. The number of methoxy groups -OCH3 is 1. The number of oxazole rings is 1. The van der Waals surface area contributed by atoms with E-state index in [9.17, 15) is 9.59 Å². The smallest absolute Gasteiger partial charge is 0.417 e. The van der Waals surface area contributed by atoms with Crippen LogP contribution in [0.15, 0.2) is 33.5 Å². The maximum atomic E-state index is 10.9. The maximum absolute atomic E-state index is 10.9. The van der Waals surface area contributed by atoms with Crippen molar-refractivity contribution in [2.75, 3.05) is 7.11 Å². The number of carbonyl (C=O) groups is 1. The van der Waals surface area contributed by atoms with Crippen molar-refractivity contribution in [3.05, 3.63) is 40.4 Å². The number of nitrogens with one attached hydrogen (secondary N) is 1. The van der Waals surface area contributed by atoms with E-state index in [4.69, 9.17) is 4.42 Å². The number of H-pyrrole nitrogens is 1. The Morgan fingerprint density at radius 3 is 3.12 bits per heavy atom. The topological polar surface area (TPSA) is 72.3 Å². The molecule has 5 heteroatoms. The summed E-state index contributed by atoms with van der Waals surface area (Å²) in [6.07, 6.45) is 3.67. The summed E-state index contributed by atoms with van der Waals surface area (Å²) >= 11 is 0. The van der Waals surface area contributed by atoms with Gasteiger partial charge in [0, 0.05) is 0 Å². The molecule has 0 aliphatic rings. The molecule has 17 heavy (non-hydrogen) atoms. The zero-order valence-corrected chi connectivity index (χ0v) is 9.23. The molecule has 1 N–H and O–H groups in total. The van der Waals surface area contributed by atoms with Gasteiger partial charge in [0.2, 0.25) is 0 Å². The molecular formula is C12H11NO4. The van der Waals surface area contributed by atoms with Gasteiger partial charge in [0.1, 0.15) is 0 Å². The van der Waals surface area contributed by atoms with Gasteiger partial charge in [0.15, 0.2) is 5.58 Å². The lowest BCUT2D eigenvalue weighted by molar-refractivity contribution is -0.139. The highest BCUT2D eigenvalue weighted by Gasteiger charge is 2.00. The summed E-state index contributed by atoms with van der Waals surface area (Å²) in [5, 5.41) is 0. The van der Waals surface area contributed by atoms with Crippen LogP contribution in [0.5, 0.6) is 0 Å². The first-order valence-corrected chi connectivity index (χ1v) is 5.05. The maximum Gasteiger partial charge on any atom is 0.417 e. The minimum atomic E-state index is -0.476. The average molecular weight is 233 g/mol. The first kappa shape index (κ1) is 11.2. The van der Waals surface area contributed by atoms with Gasteiger partial charge in [-0.05, 0) is 17.7 Å². The first-order valence-electron chi connectivity index (χ1n) is 5.05. The lowest BCUT2D eigenvalue weighted by Crippen LogP contribution is -1.96. The Hall–Kier alpha value is -2.30. The Morgan fingerprint density at radius 2 is 2.35 bits per heavy atom. The zero-order valence-electron chi connectivity index (χ0n) is 9.23. The molecule has 0 saturated carbocycles. The number of benzene rings is 1. The molecule has 0 spiro atoms. The summed E-state index contributed by atoms with van der Waals surface area (Å²) in [5.74, 6) is -0.772. The molecule has 88 valence electrons. The van der Waals surface area contributed by atoms with Crippen LogP contribution in [0.3, 0.4) is 0 Å². The minimum Gasteiger partial charge on any atom is -0.469 e. The van der Waals surface area contributed by atoms with E-state index in [1.54, 1.807) is 24.3 Å². The van der Waals surface area contributed by atoms with Crippen LogP contribution in [0, 0.1) is 0 Å². The Balaban J connectivity index is 2.19. The van der Waals surface area contributed by atoms with Crippen LogP contribution in [0.4, 0.5) is 0 Å². The van der Waals surface area contributed by atoms with E-state index in [0.29, 0.717) is 11.1 Å². The van der Waals surface area contributed by atoms with E-state index in [0.717, 1.165) is 5.56 Å². The highest BCUT2D eigenvalue weighted by Crippen LogP contribution is 2.13. The van der Waals surface area contributed by atoms with E-state index < -0.39 is 5.76 Å². The van der Waals surface area contributed by atoms with Gasteiger partial charge in [0.05, 0.1) is 19.0 Å². The third kappa shape index (κ3) is 2.63. The molecule has 0 aliphatic carbocycles. The monoisotopic (exact) mass is 233 g/mol. The molecule has 5 nitrogen and oxygen atoms in total. The van der Waals surface area contributed by atoms with E-state index in [2.05, 4.69) is 9.72 Å². The van der Waals surface area contributed by atoms with Crippen molar-refractivity contribution in [2.24, 2.45) is 0 Å². The predicted octanol–water partition coefficient (Wildman–Crippen LogP) is 1.70. The highest BCUT2D eigenvalue weighted by atomic mass is 16.5. The van der Waals surface area contributed by atoms with Crippen molar-refractivity contribution in [2.45, 2.75) is 6.42 Å². The lowest BCUT2D eigenvalue weighted by atomic mass is 10.2. The van der Waals surface area contributed by atoms with Crippen LogP contribution in [0.1, 0.15) is 12.0 Å². The lowest BCUT2D eigenvalue weighted by Gasteiger charge is -1.94. The fraction of sp³-hybridized carbons (Fsp3) is 0.167. The molecule has 0 aliphatic heterocycles. The van der Waals surface area contributed by atoms with Gasteiger partial charge < -0.3 is 9.15 Å². The number of ether oxygens (including phenoxy) is 1. The molecule has 0 saturated heterocycles. The SMILES string of the molecule is COC(=O)CC=Cc1ccc2[nH]c(=O)oc2c1. The highest BCUT2D eigenvalue weighted by molar-refractivity contribution is 5.76. The third-order valence-electron chi connectivity index (χ3n) is 2.27. The number of hydrogen-bond donors (Lipinski definition) is 1. The quantitative estimate of drug-likeness (QED) is 0.819. The number of fused-ring (bicyclic) bond motifs is 1. The van der Waals surface area contributed by atoms with Crippen molar-refractivity contribution in [1.29, 1.82) is 0 Å². The fourth-order valence-corrected chi connectivity index (χ4v) is 1.44. The van der Waals surface area contributed by atoms with E-state index in [1.165, 1.54) is 7.11 Å². The first-order chi connectivity index (χ1) is 8.19. The second-order valence-corrected chi connectivity index (χ2v) is 3.45. The second-order valence-electron chi connectivity index (χ2n) is 3.45. The largest absolute Gasteiger partial charge is 0.469 e. The van der Waals surface area contributed by atoms with Crippen LogP contribution in [-0.4, -0.2) is 18.1 Å². The Bertz CT molecular complexity index is 621. The van der Waals surface area contributed by atoms with E-state index >= 15 is 0 Å². The van der Waals surface area contributed by atoms with E-state index in [1.807, 2.05) is 6.07 Å². The molecule has 2 aromatic rings. The summed E-state index contributed by atoms with van der Waals surface area (Å²) < 4.78 is 9.43. The van der Waals surface area contributed by atoms with Gasteiger partial charge in [-0.2, -0.15) is 0 Å². The van der Waals surface area contributed by atoms with Crippen LogP contribution in [0.2, 0.25) is 0 Å². The van der Waals surface area contributed by atoms with Gasteiger partial charge in [-0.3, -0.25) is 9.78 Å². The summed E-state index contributed by atoms with van der Waals surface area (Å²) in [6, 6.07) is 5.29. The second kappa shape index (κ2) is 4.69. The van der Waals surface area contributed by atoms with Crippen molar-refractivity contribution >= 4 is 23.1 Å². The number of aromatic amines is 1. The molecule has 0 unspecified atom stereocenters. The number of carbonyl (C=O) groups excluding carboxylic acids is 1. The average Bonchev–Trinajstić information content (AvgIpc) is 2.68. The molecule has 2 rings (SSSR count). The Kier molecular flexibility index (Phi) is 3.09. The molecule has 0 amide bonds. The Labute approximate surface area is 96.7 Å². The number of aromatic nitrogens is 1. The van der Waals surface area contributed by atoms with Gasteiger partial charge in [-0.25, -0.2) is 4.79 Å². The van der Waals surface area contributed by atoms with Crippen molar-refractivity contribution < 1.29 is 13.9 Å².